The van der Waals surface area contributed by atoms with Crippen LogP contribution in [0.4, 0.5) is 0 Å². The second-order valence-electron chi connectivity index (χ2n) is 6.34. The van der Waals surface area contributed by atoms with Gasteiger partial charge in [-0.05, 0) is 69.1 Å². The summed E-state index contributed by atoms with van der Waals surface area (Å²) in [4.78, 5) is 14.5. The van der Waals surface area contributed by atoms with Crippen molar-refractivity contribution in [2.75, 3.05) is 47.5 Å². The Morgan fingerprint density at radius 3 is 2.31 bits per heavy atom. The first-order chi connectivity index (χ1) is 12.7. The maximum absolute atomic E-state index is 12.0. The van der Waals surface area contributed by atoms with Gasteiger partial charge in [-0.1, -0.05) is 0 Å². The number of hydrogen-bond donors (Lipinski definition) is 1. The molecule has 0 atom stereocenters. The number of benzene rings is 1. The summed E-state index contributed by atoms with van der Waals surface area (Å²) in [6.45, 7) is 4.29. The standard InChI is InChI=1S/C20H30N2O4/c1-24-17-14-16(15-18(25-2)20(17)26-3)8-9-19(23)21-10-4-5-11-22-12-6-7-13-22/h8-9,14-15H,4-7,10-13H2,1-3H3,(H,21,23)/b9-8+. The molecule has 26 heavy (non-hydrogen) atoms. The molecule has 6 nitrogen and oxygen atoms in total. The predicted octanol–water partition coefficient (Wildman–Crippen LogP) is 2.72. The van der Waals surface area contributed by atoms with Crippen LogP contribution in [-0.2, 0) is 4.79 Å². The largest absolute Gasteiger partial charge is 0.493 e. The molecule has 1 N–H and O–H groups in total. The molecular weight excluding hydrogens is 332 g/mol. The lowest BCUT2D eigenvalue weighted by Crippen LogP contribution is -2.24. The van der Waals surface area contributed by atoms with Crippen molar-refractivity contribution in [2.24, 2.45) is 0 Å². The number of methoxy groups -OCH3 is 3. The van der Waals surface area contributed by atoms with Crippen molar-refractivity contribution in [1.82, 2.24) is 10.2 Å². The summed E-state index contributed by atoms with van der Waals surface area (Å²) in [6.07, 6.45) is 8.03. The molecule has 144 valence electrons. The van der Waals surface area contributed by atoms with Crippen molar-refractivity contribution in [3.63, 3.8) is 0 Å². The van der Waals surface area contributed by atoms with E-state index in [1.807, 2.05) is 0 Å². The highest BCUT2D eigenvalue weighted by Gasteiger charge is 2.12. The second kappa shape index (κ2) is 10.7. The minimum absolute atomic E-state index is 0.0973. The summed E-state index contributed by atoms with van der Waals surface area (Å²) in [6, 6.07) is 3.61. The van der Waals surface area contributed by atoms with E-state index in [1.165, 1.54) is 32.0 Å². The van der Waals surface area contributed by atoms with E-state index in [2.05, 4.69) is 10.2 Å². The molecule has 2 rings (SSSR count). The maximum atomic E-state index is 12.0. The van der Waals surface area contributed by atoms with Crippen LogP contribution >= 0.6 is 0 Å². The lowest BCUT2D eigenvalue weighted by Gasteiger charge is -2.13. The molecular formula is C20H30N2O4. The SMILES string of the molecule is COc1cc(/C=C/C(=O)NCCCCN2CCCC2)cc(OC)c1OC. The van der Waals surface area contributed by atoms with E-state index in [0.29, 0.717) is 23.8 Å². The van der Waals surface area contributed by atoms with Gasteiger partial charge < -0.3 is 24.4 Å². The van der Waals surface area contributed by atoms with Crippen molar-refractivity contribution < 1.29 is 19.0 Å². The smallest absolute Gasteiger partial charge is 0.243 e. The van der Waals surface area contributed by atoms with Crippen LogP contribution in [0.3, 0.4) is 0 Å². The molecule has 1 heterocycles. The highest BCUT2D eigenvalue weighted by atomic mass is 16.5. The normalized spacial score (nSPS) is 14.6. The summed E-state index contributed by atoms with van der Waals surface area (Å²) < 4.78 is 15.9. The molecule has 1 aromatic carbocycles. The van der Waals surface area contributed by atoms with Gasteiger partial charge in [-0.15, -0.1) is 0 Å². The molecule has 0 spiro atoms. The zero-order valence-electron chi connectivity index (χ0n) is 16.0. The van der Waals surface area contributed by atoms with E-state index in [-0.39, 0.29) is 5.91 Å². The van der Waals surface area contributed by atoms with Crippen LogP contribution in [0.1, 0.15) is 31.2 Å². The molecule has 0 aliphatic carbocycles. The van der Waals surface area contributed by atoms with Gasteiger partial charge in [0.2, 0.25) is 11.7 Å². The average Bonchev–Trinajstić information content (AvgIpc) is 3.18. The Balaban J connectivity index is 1.79. The van der Waals surface area contributed by atoms with Gasteiger partial charge in [0.15, 0.2) is 11.5 Å². The van der Waals surface area contributed by atoms with Gasteiger partial charge in [0.25, 0.3) is 0 Å². The zero-order valence-corrected chi connectivity index (χ0v) is 16.0. The van der Waals surface area contributed by atoms with Gasteiger partial charge in [0.05, 0.1) is 21.3 Å². The molecule has 1 aliphatic heterocycles. The number of carbonyl (C=O) groups is 1. The van der Waals surface area contributed by atoms with Crippen LogP contribution in [0.15, 0.2) is 18.2 Å². The summed E-state index contributed by atoms with van der Waals surface area (Å²) in [5.41, 5.74) is 0.809. The lowest BCUT2D eigenvalue weighted by atomic mass is 10.1. The number of hydrogen-bond acceptors (Lipinski definition) is 5. The van der Waals surface area contributed by atoms with E-state index in [4.69, 9.17) is 14.2 Å². The Kier molecular flexibility index (Phi) is 8.28. The number of ether oxygens (including phenoxy) is 3. The zero-order chi connectivity index (χ0) is 18.8. The van der Waals surface area contributed by atoms with Crippen molar-refractivity contribution in [1.29, 1.82) is 0 Å². The van der Waals surface area contributed by atoms with E-state index >= 15 is 0 Å². The summed E-state index contributed by atoms with van der Waals surface area (Å²) in [5, 5.41) is 2.93. The highest BCUT2D eigenvalue weighted by molar-refractivity contribution is 5.91. The summed E-state index contributed by atoms with van der Waals surface area (Å²) >= 11 is 0. The van der Waals surface area contributed by atoms with Crippen LogP contribution in [0.25, 0.3) is 6.08 Å². The predicted molar refractivity (Wildman–Crippen MR) is 103 cm³/mol. The molecule has 0 radical (unpaired) electrons. The fourth-order valence-electron chi connectivity index (χ4n) is 3.11. The van der Waals surface area contributed by atoms with Crippen LogP contribution in [0, 0.1) is 0 Å². The lowest BCUT2D eigenvalue weighted by molar-refractivity contribution is -0.116. The number of nitrogens with zero attached hydrogens (tertiary/aromatic N) is 1. The molecule has 1 amide bonds. The van der Waals surface area contributed by atoms with Gasteiger partial charge in [0, 0.05) is 12.6 Å². The fourth-order valence-corrected chi connectivity index (χ4v) is 3.11. The van der Waals surface area contributed by atoms with E-state index in [9.17, 15) is 4.79 Å². The van der Waals surface area contributed by atoms with Crippen LogP contribution in [0.2, 0.25) is 0 Å². The molecule has 1 aromatic rings. The first kappa shape index (κ1) is 20.1. The maximum Gasteiger partial charge on any atom is 0.243 e. The Hall–Kier alpha value is -2.21. The number of likely N-dealkylation sites (tertiary alicyclic amines) is 1. The number of rotatable bonds is 10. The van der Waals surface area contributed by atoms with Gasteiger partial charge in [-0.2, -0.15) is 0 Å². The van der Waals surface area contributed by atoms with Crippen LogP contribution in [0.5, 0.6) is 17.2 Å². The minimum Gasteiger partial charge on any atom is -0.493 e. The highest BCUT2D eigenvalue weighted by Crippen LogP contribution is 2.38. The summed E-state index contributed by atoms with van der Waals surface area (Å²) in [7, 11) is 4.70. The first-order valence-electron chi connectivity index (χ1n) is 9.16. The number of amides is 1. The van der Waals surface area contributed by atoms with E-state index in [1.54, 1.807) is 39.5 Å². The average molecular weight is 362 g/mol. The minimum atomic E-state index is -0.0973. The van der Waals surface area contributed by atoms with Gasteiger partial charge in [-0.3, -0.25) is 4.79 Å². The third-order valence-corrected chi connectivity index (χ3v) is 4.51. The second-order valence-corrected chi connectivity index (χ2v) is 6.34. The number of carbonyl (C=O) groups excluding carboxylic acids is 1. The molecule has 0 saturated carbocycles. The van der Waals surface area contributed by atoms with Crippen molar-refractivity contribution in [3.05, 3.63) is 23.8 Å². The number of nitrogens with one attached hydrogen (secondary N) is 1. The Morgan fingerprint density at radius 1 is 1.08 bits per heavy atom. The van der Waals surface area contributed by atoms with Crippen molar-refractivity contribution >= 4 is 12.0 Å². The Labute approximate surface area is 156 Å². The summed E-state index contributed by atoms with van der Waals surface area (Å²) in [5.74, 6) is 1.57. The van der Waals surface area contributed by atoms with Crippen molar-refractivity contribution in [3.8, 4) is 17.2 Å². The van der Waals surface area contributed by atoms with Crippen LogP contribution in [-0.4, -0.2) is 58.3 Å². The number of unbranched alkanes of at least 4 members (excludes halogenated alkanes) is 1. The quantitative estimate of drug-likeness (QED) is 0.512. The molecule has 6 heteroatoms. The van der Waals surface area contributed by atoms with Gasteiger partial charge in [-0.25, -0.2) is 0 Å². The van der Waals surface area contributed by atoms with Gasteiger partial charge >= 0.3 is 0 Å². The first-order valence-corrected chi connectivity index (χ1v) is 9.16. The van der Waals surface area contributed by atoms with E-state index < -0.39 is 0 Å². The monoisotopic (exact) mass is 362 g/mol. The Morgan fingerprint density at radius 2 is 1.73 bits per heavy atom. The molecule has 1 saturated heterocycles. The molecule has 1 fully saturated rings. The van der Waals surface area contributed by atoms with Gasteiger partial charge in [0.1, 0.15) is 0 Å². The topological polar surface area (TPSA) is 60.0 Å². The van der Waals surface area contributed by atoms with E-state index in [0.717, 1.165) is 24.9 Å². The van der Waals surface area contributed by atoms with Crippen LogP contribution < -0.4 is 19.5 Å². The molecule has 1 aliphatic rings. The molecule has 0 unspecified atom stereocenters. The third kappa shape index (κ3) is 5.95. The fraction of sp³-hybridized carbons (Fsp3) is 0.550. The van der Waals surface area contributed by atoms with Crippen molar-refractivity contribution in [2.45, 2.75) is 25.7 Å². The third-order valence-electron chi connectivity index (χ3n) is 4.51. The molecule has 0 bridgehead atoms. The Bertz CT molecular complexity index is 585. The molecule has 0 aromatic heterocycles.